The highest BCUT2D eigenvalue weighted by Gasteiger charge is 2.35. The number of amides is 1. The zero-order valence-electron chi connectivity index (χ0n) is 16.7. The lowest BCUT2D eigenvalue weighted by molar-refractivity contribution is -0.144. The number of rotatable bonds is 4. The van der Waals surface area contributed by atoms with E-state index in [9.17, 15) is 18.0 Å². The Bertz CT molecular complexity index is 1260. The van der Waals surface area contributed by atoms with Crippen LogP contribution in [0.5, 0.6) is 5.75 Å². The fraction of sp³-hybridized carbons (Fsp3) is 0.167. The van der Waals surface area contributed by atoms with Gasteiger partial charge in [-0.15, -0.1) is 0 Å². The molecule has 0 fully saturated rings. The lowest BCUT2D eigenvalue weighted by Gasteiger charge is -2.22. The third-order valence-corrected chi connectivity index (χ3v) is 5.47. The lowest BCUT2D eigenvalue weighted by Crippen LogP contribution is -2.40. The Hall–Kier alpha value is -3.81. The van der Waals surface area contributed by atoms with Crippen molar-refractivity contribution in [2.45, 2.75) is 24.7 Å². The molecule has 32 heavy (non-hydrogen) atoms. The number of alkyl halides is 3. The third kappa shape index (κ3) is 3.79. The van der Waals surface area contributed by atoms with Crippen molar-refractivity contribution in [3.05, 3.63) is 95.3 Å². The molecule has 3 aromatic carbocycles. The number of fused-ring (bicyclic) bond motifs is 2. The number of H-pyrrole nitrogens is 1. The van der Waals surface area contributed by atoms with E-state index >= 15 is 0 Å². The molecule has 0 bridgehead atoms. The van der Waals surface area contributed by atoms with Gasteiger partial charge in [-0.2, -0.15) is 13.2 Å². The molecule has 2 heterocycles. The molecule has 1 amide bonds. The van der Waals surface area contributed by atoms with E-state index in [-0.39, 0.29) is 16.9 Å². The van der Waals surface area contributed by atoms with Gasteiger partial charge in [0.1, 0.15) is 5.75 Å². The zero-order valence-corrected chi connectivity index (χ0v) is 16.7. The molecule has 0 aliphatic carbocycles. The van der Waals surface area contributed by atoms with Crippen molar-refractivity contribution in [2.75, 3.05) is 0 Å². The van der Waals surface area contributed by atoms with Crippen LogP contribution in [0.15, 0.2) is 72.8 Å². The number of halogens is 3. The van der Waals surface area contributed by atoms with Crippen molar-refractivity contribution in [1.82, 2.24) is 15.3 Å². The average Bonchev–Trinajstić information content (AvgIpc) is 3.41. The Morgan fingerprint density at radius 1 is 1.03 bits per heavy atom. The van der Waals surface area contributed by atoms with Crippen molar-refractivity contribution < 1.29 is 22.7 Å². The molecule has 8 heteroatoms. The zero-order chi connectivity index (χ0) is 22.3. The summed E-state index contributed by atoms with van der Waals surface area (Å²) < 4.78 is 44.9. The largest absolute Gasteiger partial charge is 0.480 e. The van der Waals surface area contributed by atoms with Gasteiger partial charge in [0, 0.05) is 6.42 Å². The highest BCUT2D eigenvalue weighted by Crippen LogP contribution is 2.32. The lowest BCUT2D eigenvalue weighted by atomic mass is 9.97. The van der Waals surface area contributed by atoms with E-state index in [0.29, 0.717) is 17.7 Å². The molecule has 0 saturated heterocycles. The van der Waals surface area contributed by atoms with Gasteiger partial charge in [-0.05, 0) is 34.9 Å². The molecule has 5 nitrogen and oxygen atoms in total. The van der Waals surface area contributed by atoms with Gasteiger partial charge in [-0.3, -0.25) is 4.79 Å². The standard InChI is InChI=1S/C24H18F3N3O2/c25-24(26,27)23-28-17-11-10-16(12-18(17)29-23)21(14-6-2-1-3-7-14)30-22(31)20-13-15-8-4-5-9-19(15)32-20/h1-12,20-21H,13H2,(H,28,29)(H,30,31)/t20-,21+/m1/s1. The Morgan fingerprint density at radius 3 is 2.53 bits per heavy atom. The second kappa shape index (κ2) is 7.71. The van der Waals surface area contributed by atoms with Crippen LogP contribution in [0.1, 0.15) is 28.6 Å². The van der Waals surface area contributed by atoms with E-state index in [2.05, 4.69) is 15.3 Å². The molecule has 5 rings (SSSR count). The maximum atomic E-state index is 13.1. The number of imidazole rings is 1. The number of nitrogens with zero attached hydrogens (tertiary/aromatic N) is 1. The number of para-hydroxylation sites is 1. The molecule has 4 aromatic rings. The summed E-state index contributed by atoms with van der Waals surface area (Å²) in [4.78, 5) is 19.0. The molecule has 2 N–H and O–H groups in total. The number of ether oxygens (including phenoxy) is 1. The van der Waals surface area contributed by atoms with E-state index in [1.807, 2.05) is 54.6 Å². The normalized spacial score (nSPS) is 16.4. The number of hydrogen-bond donors (Lipinski definition) is 2. The minimum atomic E-state index is -4.57. The Labute approximate surface area is 181 Å². The van der Waals surface area contributed by atoms with Gasteiger partial charge in [-0.25, -0.2) is 4.98 Å². The molecule has 0 spiro atoms. The van der Waals surface area contributed by atoms with Crippen LogP contribution in [-0.4, -0.2) is 22.0 Å². The van der Waals surface area contributed by atoms with Crippen molar-refractivity contribution in [1.29, 1.82) is 0 Å². The van der Waals surface area contributed by atoms with E-state index in [0.717, 1.165) is 11.1 Å². The predicted molar refractivity (Wildman–Crippen MR) is 112 cm³/mol. The summed E-state index contributed by atoms with van der Waals surface area (Å²) in [5.74, 6) is -0.666. The van der Waals surface area contributed by atoms with Gasteiger partial charge in [0.25, 0.3) is 5.91 Å². The van der Waals surface area contributed by atoms with Gasteiger partial charge < -0.3 is 15.0 Å². The topological polar surface area (TPSA) is 67.0 Å². The summed E-state index contributed by atoms with van der Waals surface area (Å²) in [7, 11) is 0. The number of carbonyl (C=O) groups is 1. The summed E-state index contributed by atoms with van der Waals surface area (Å²) in [6.45, 7) is 0. The summed E-state index contributed by atoms with van der Waals surface area (Å²) in [6, 6.07) is 20.9. The molecule has 0 saturated carbocycles. The molecule has 0 radical (unpaired) electrons. The van der Waals surface area contributed by atoms with Crippen LogP contribution < -0.4 is 10.1 Å². The first-order valence-electron chi connectivity index (χ1n) is 10.1. The molecular formula is C24H18F3N3O2. The summed E-state index contributed by atoms with van der Waals surface area (Å²) >= 11 is 0. The minimum absolute atomic E-state index is 0.203. The molecule has 2 atom stereocenters. The third-order valence-electron chi connectivity index (χ3n) is 5.47. The monoisotopic (exact) mass is 437 g/mol. The summed E-state index contributed by atoms with van der Waals surface area (Å²) in [5.41, 5.74) is 2.84. The summed E-state index contributed by atoms with van der Waals surface area (Å²) in [5, 5.41) is 3.01. The first-order valence-corrected chi connectivity index (χ1v) is 10.1. The maximum Gasteiger partial charge on any atom is 0.449 e. The van der Waals surface area contributed by atoms with Crippen LogP contribution in [0.2, 0.25) is 0 Å². The maximum absolute atomic E-state index is 13.1. The smallest absolute Gasteiger partial charge is 0.449 e. The number of hydrogen-bond acceptors (Lipinski definition) is 3. The first kappa shape index (κ1) is 20.1. The van der Waals surface area contributed by atoms with Crippen LogP contribution in [0.25, 0.3) is 11.0 Å². The molecule has 1 aliphatic rings. The van der Waals surface area contributed by atoms with E-state index in [1.165, 1.54) is 6.07 Å². The Morgan fingerprint density at radius 2 is 1.78 bits per heavy atom. The summed E-state index contributed by atoms with van der Waals surface area (Å²) in [6.07, 6.45) is -4.79. The molecule has 162 valence electrons. The predicted octanol–water partition coefficient (Wildman–Crippen LogP) is 4.79. The number of aromatic nitrogens is 2. The quantitative estimate of drug-likeness (QED) is 0.482. The average molecular weight is 437 g/mol. The Balaban J connectivity index is 1.46. The minimum Gasteiger partial charge on any atom is -0.480 e. The Kier molecular flexibility index (Phi) is 4.84. The van der Waals surface area contributed by atoms with Gasteiger partial charge in [0.05, 0.1) is 17.1 Å². The molecule has 0 unspecified atom stereocenters. The molecule has 1 aromatic heterocycles. The van der Waals surface area contributed by atoms with Gasteiger partial charge in [0.2, 0.25) is 5.82 Å². The van der Waals surface area contributed by atoms with Crippen molar-refractivity contribution in [2.24, 2.45) is 0 Å². The van der Waals surface area contributed by atoms with Crippen molar-refractivity contribution in [3.63, 3.8) is 0 Å². The fourth-order valence-electron chi connectivity index (χ4n) is 3.91. The second-order valence-corrected chi connectivity index (χ2v) is 7.63. The second-order valence-electron chi connectivity index (χ2n) is 7.63. The number of aromatic amines is 1. The van der Waals surface area contributed by atoms with Crippen LogP contribution in [0, 0.1) is 0 Å². The first-order chi connectivity index (χ1) is 15.4. The van der Waals surface area contributed by atoms with Crippen LogP contribution >= 0.6 is 0 Å². The van der Waals surface area contributed by atoms with Crippen LogP contribution in [0.4, 0.5) is 13.2 Å². The van der Waals surface area contributed by atoms with Crippen LogP contribution in [0.3, 0.4) is 0 Å². The van der Waals surface area contributed by atoms with Gasteiger partial charge in [-0.1, -0.05) is 54.6 Å². The fourth-order valence-corrected chi connectivity index (χ4v) is 3.91. The van der Waals surface area contributed by atoms with Gasteiger partial charge >= 0.3 is 6.18 Å². The highest BCUT2D eigenvalue weighted by molar-refractivity contribution is 5.84. The molecular weight excluding hydrogens is 419 g/mol. The highest BCUT2D eigenvalue weighted by atomic mass is 19.4. The number of nitrogens with one attached hydrogen (secondary N) is 2. The number of carbonyl (C=O) groups excluding carboxylic acids is 1. The van der Waals surface area contributed by atoms with E-state index in [1.54, 1.807) is 12.1 Å². The van der Waals surface area contributed by atoms with Gasteiger partial charge in [0.15, 0.2) is 6.10 Å². The van der Waals surface area contributed by atoms with Crippen molar-refractivity contribution in [3.8, 4) is 5.75 Å². The molecule has 1 aliphatic heterocycles. The van der Waals surface area contributed by atoms with E-state index < -0.39 is 24.1 Å². The van der Waals surface area contributed by atoms with Crippen LogP contribution in [-0.2, 0) is 17.4 Å². The van der Waals surface area contributed by atoms with E-state index in [4.69, 9.17) is 4.74 Å². The SMILES string of the molecule is O=C(N[C@@H](c1ccccc1)c1ccc2nc(C(F)(F)F)[nH]c2c1)[C@H]1Cc2ccccc2O1. The van der Waals surface area contributed by atoms with Crippen molar-refractivity contribution >= 4 is 16.9 Å². The number of benzene rings is 3.